The zero-order chi connectivity index (χ0) is 15.0. The molecule has 0 amide bonds. The maximum absolute atomic E-state index is 3.45. The van der Waals surface area contributed by atoms with E-state index in [1.54, 1.807) is 0 Å². The molecule has 0 bridgehead atoms. The third-order valence-corrected chi connectivity index (χ3v) is 3.48. The van der Waals surface area contributed by atoms with Gasteiger partial charge in [-0.05, 0) is 32.6 Å². The molecule has 0 aromatic heterocycles. The molecule has 0 fully saturated rings. The third-order valence-electron chi connectivity index (χ3n) is 3.48. The molecule has 0 radical (unpaired) electrons. The summed E-state index contributed by atoms with van der Waals surface area (Å²) in [6, 6.07) is 11.1. The highest BCUT2D eigenvalue weighted by Gasteiger charge is 2.15. The maximum atomic E-state index is 3.45. The van der Waals surface area contributed by atoms with Gasteiger partial charge >= 0.3 is 0 Å². The largest absolute Gasteiger partial charge is 0.312 e. The van der Waals surface area contributed by atoms with Gasteiger partial charge in [0.2, 0.25) is 0 Å². The molecule has 0 saturated carbocycles. The molecule has 1 unspecified atom stereocenters. The topological polar surface area (TPSA) is 18.5 Å². The summed E-state index contributed by atoms with van der Waals surface area (Å²) >= 11 is 0. The monoisotopic (exact) mass is 277 g/mol. The molecule has 0 aliphatic rings. The maximum Gasteiger partial charge on any atom is 0.0446 e. The van der Waals surface area contributed by atoms with Crippen molar-refractivity contribution in [2.75, 3.05) is 47.3 Å². The highest BCUT2D eigenvalue weighted by Crippen LogP contribution is 2.14. The van der Waals surface area contributed by atoms with Crippen LogP contribution in [0, 0.1) is 5.92 Å². The predicted molar refractivity (Wildman–Crippen MR) is 88.1 cm³/mol. The Labute approximate surface area is 125 Å². The smallest absolute Gasteiger partial charge is 0.0446 e. The zero-order valence-corrected chi connectivity index (χ0v) is 13.8. The second-order valence-corrected chi connectivity index (χ2v) is 6.21. The molecule has 0 aliphatic carbocycles. The van der Waals surface area contributed by atoms with E-state index in [0.717, 1.165) is 26.2 Å². The number of nitrogens with zero attached hydrogens (tertiary/aromatic N) is 2. The van der Waals surface area contributed by atoms with Crippen LogP contribution in [0.3, 0.4) is 0 Å². The number of hydrogen-bond donors (Lipinski definition) is 1. The molecular formula is C17H31N3. The molecule has 0 aliphatic heterocycles. The number of nitrogens with one attached hydrogen (secondary N) is 1. The van der Waals surface area contributed by atoms with Crippen LogP contribution in [-0.2, 0) is 0 Å². The number of rotatable bonds is 9. The first kappa shape index (κ1) is 17.2. The predicted octanol–water partition coefficient (Wildman–Crippen LogP) is 2.47. The van der Waals surface area contributed by atoms with Crippen molar-refractivity contribution < 1.29 is 0 Å². The van der Waals surface area contributed by atoms with Gasteiger partial charge in [0.05, 0.1) is 0 Å². The summed E-state index contributed by atoms with van der Waals surface area (Å²) in [7, 11) is 6.33. The first-order valence-electron chi connectivity index (χ1n) is 7.62. The van der Waals surface area contributed by atoms with E-state index in [4.69, 9.17) is 0 Å². The SMILES string of the molecule is CNC(CN(CCN(C)C)CC(C)C)c1ccccc1. The van der Waals surface area contributed by atoms with Gasteiger partial charge in [-0.2, -0.15) is 0 Å². The molecule has 0 saturated heterocycles. The van der Waals surface area contributed by atoms with Gasteiger partial charge in [-0.25, -0.2) is 0 Å². The second kappa shape index (κ2) is 9.11. The summed E-state index contributed by atoms with van der Waals surface area (Å²) in [4.78, 5) is 4.82. The molecular weight excluding hydrogens is 246 g/mol. The van der Waals surface area contributed by atoms with Crippen molar-refractivity contribution in [2.24, 2.45) is 5.92 Å². The minimum absolute atomic E-state index is 0.400. The van der Waals surface area contributed by atoms with Gasteiger partial charge in [0.15, 0.2) is 0 Å². The van der Waals surface area contributed by atoms with Crippen molar-refractivity contribution in [3.05, 3.63) is 35.9 Å². The summed E-state index contributed by atoms with van der Waals surface area (Å²) in [5, 5.41) is 3.45. The van der Waals surface area contributed by atoms with Gasteiger partial charge in [-0.1, -0.05) is 44.2 Å². The van der Waals surface area contributed by atoms with E-state index in [1.165, 1.54) is 5.56 Å². The Morgan fingerprint density at radius 3 is 2.15 bits per heavy atom. The van der Waals surface area contributed by atoms with Crippen molar-refractivity contribution in [3.63, 3.8) is 0 Å². The summed E-state index contributed by atoms with van der Waals surface area (Å²) in [5.41, 5.74) is 1.37. The third kappa shape index (κ3) is 6.51. The molecule has 114 valence electrons. The van der Waals surface area contributed by atoms with Crippen LogP contribution >= 0.6 is 0 Å². The Balaban J connectivity index is 2.65. The molecule has 0 heterocycles. The molecule has 1 aromatic carbocycles. The minimum Gasteiger partial charge on any atom is -0.312 e. The average molecular weight is 277 g/mol. The van der Waals surface area contributed by atoms with Crippen LogP contribution in [0.5, 0.6) is 0 Å². The molecule has 1 rings (SSSR count). The van der Waals surface area contributed by atoms with Crippen LogP contribution in [0.4, 0.5) is 0 Å². The lowest BCUT2D eigenvalue weighted by atomic mass is 10.1. The summed E-state index contributed by atoms with van der Waals surface area (Å²) in [6.07, 6.45) is 0. The van der Waals surface area contributed by atoms with Gasteiger partial charge in [0.25, 0.3) is 0 Å². The van der Waals surface area contributed by atoms with Crippen LogP contribution in [0.25, 0.3) is 0 Å². The number of likely N-dealkylation sites (N-methyl/N-ethyl adjacent to an activating group) is 2. The standard InChI is InChI=1S/C17H31N3/c1-15(2)13-20(12-11-19(4)5)14-17(18-3)16-9-7-6-8-10-16/h6-10,15,17-18H,11-14H2,1-5H3. The lowest BCUT2D eigenvalue weighted by molar-refractivity contribution is 0.201. The van der Waals surface area contributed by atoms with Crippen molar-refractivity contribution in [1.82, 2.24) is 15.1 Å². The molecule has 3 heteroatoms. The van der Waals surface area contributed by atoms with Crippen LogP contribution < -0.4 is 5.32 Å². The fourth-order valence-corrected chi connectivity index (χ4v) is 2.42. The molecule has 1 atom stereocenters. The first-order chi connectivity index (χ1) is 9.52. The van der Waals surface area contributed by atoms with Crippen LogP contribution in [-0.4, -0.2) is 57.1 Å². The zero-order valence-electron chi connectivity index (χ0n) is 13.8. The summed E-state index contributed by atoms with van der Waals surface area (Å²) < 4.78 is 0. The average Bonchev–Trinajstić information content (AvgIpc) is 2.42. The summed E-state index contributed by atoms with van der Waals surface area (Å²) in [6.45, 7) is 9.03. The molecule has 1 aromatic rings. The Kier molecular flexibility index (Phi) is 7.82. The Morgan fingerprint density at radius 2 is 1.65 bits per heavy atom. The lowest BCUT2D eigenvalue weighted by Crippen LogP contribution is -2.39. The fraction of sp³-hybridized carbons (Fsp3) is 0.647. The number of hydrogen-bond acceptors (Lipinski definition) is 3. The quantitative estimate of drug-likeness (QED) is 0.748. The second-order valence-electron chi connectivity index (χ2n) is 6.21. The van der Waals surface area contributed by atoms with E-state index in [1.807, 2.05) is 0 Å². The Bertz CT molecular complexity index is 349. The van der Waals surface area contributed by atoms with Gasteiger partial charge in [0.1, 0.15) is 0 Å². The molecule has 1 N–H and O–H groups in total. The van der Waals surface area contributed by atoms with Crippen molar-refractivity contribution in [1.29, 1.82) is 0 Å². The van der Waals surface area contributed by atoms with Crippen molar-refractivity contribution in [2.45, 2.75) is 19.9 Å². The first-order valence-corrected chi connectivity index (χ1v) is 7.62. The van der Waals surface area contributed by atoms with Crippen molar-refractivity contribution >= 4 is 0 Å². The molecule has 0 spiro atoms. The lowest BCUT2D eigenvalue weighted by Gasteiger charge is -2.30. The van der Waals surface area contributed by atoms with E-state index in [9.17, 15) is 0 Å². The van der Waals surface area contributed by atoms with E-state index < -0.39 is 0 Å². The Morgan fingerprint density at radius 1 is 1.00 bits per heavy atom. The number of benzene rings is 1. The van der Waals surface area contributed by atoms with E-state index in [0.29, 0.717) is 12.0 Å². The van der Waals surface area contributed by atoms with Crippen LogP contribution in [0.15, 0.2) is 30.3 Å². The van der Waals surface area contributed by atoms with Crippen LogP contribution in [0.1, 0.15) is 25.5 Å². The van der Waals surface area contributed by atoms with E-state index in [-0.39, 0.29) is 0 Å². The highest BCUT2D eigenvalue weighted by molar-refractivity contribution is 5.19. The molecule has 20 heavy (non-hydrogen) atoms. The normalized spacial score (nSPS) is 13.4. The minimum atomic E-state index is 0.400. The highest BCUT2D eigenvalue weighted by atomic mass is 15.2. The fourth-order valence-electron chi connectivity index (χ4n) is 2.42. The van der Waals surface area contributed by atoms with Crippen molar-refractivity contribution in [3.8, 4) is 0 Å². The van der Waals surface area contributed by atoms with Crippen LogP contribution in [0.2, 0.25) is 0 Å². The van der Waals surface area contributed by atoms with E-state index >= 15 is 0 Å². The summed E-state index contributed by atoms with van der Waals surface area (Å²) in [5.74, 6) is 0.699. The molecule has 3 nitrogen and oxygen atoms in total. The van der Waals surface area contributed by atoms with Gasteiger partial charge in [0, 0.05) is 32.2 Å². The van der Waals surface area contributed by atoms with E-state index in [2.05, 4.69) is 80.4 Å². The Hall–Kier alpha value is -0.900. The van der Waals surface area contributed by atoms with Gasteiger partial charge in [-0.15, -0.1) is 0 Å². The van der Waals surface area contributed by atoms with Gasteiger partial charge in [-0.3, -0.25) is 4.90 Å². The van der Waals surface area contributed by atoms with Gasteiger partial charge < -0.3 is 10.2 Å².